The Kier molecular flexibility index (Phi) is 7.32. The summed E-state index contributed by atoms with van der Waals surface area (Å²) in [5.74, 6) is -0.596. The van der Waals surface area contributed by atoms with E-state index in [0.29, 0.717) is 24.3 Å². The first-order valence-corrected chi connectivity index (χ1v) is 9.33. The first kappa shape index (κ1) is 21.2. The average Bonchev–Trinajstić information content (AvgIpc) is 2.66. The molecule has 0 spiro atoms. The number of aryl methyl sites for hydroxylation is 1. The largest absolute Gasteiger partial charge is 0.341 e. The van der Waals surface area contributed by atoms with Crippen LogP contribution in [0.25, 0.3) is 0 Å². The number of carbonyl (C=O) groups excluding carboxylic acids is 3. The quantitative estimate of drug-likeness (QED) is 0.773. The van der Waals surface area contributed by atoms with E-state index in [4.69, 9.17) is 0 Å². The van der Waals surface area contributed by atoms with Crippen molar-refractivity contribution >= 4 is 23.4 Å². The Bertz CT molecular complexity index is 864. The zero-order valence-corrected chi connectivity index (χ0v) is 16.8. The molecule has 0 aromatic heterocycles. The van der Waals surface area contributed by atoms with Gasteiger partial charge >= 0.3 is 0 Å². The lowest BCUT2D eigenvalue weighted by Gasteiger charge is -2.19. The lowest BCUT2D eigenvalue weighted by molar-refractivity contribution is -0.129. The molecule has 3 amide bonds. The van der Waals surface area contributed by atoms with Crippen LogP contribution in [0.15, 0.2) is 48.5 Å². The Morgan fingerprint density at radius 3 is 2.43 bits per heavy atom. The third kappa shape index (κ3) is 5.94. The molecule has 0 saturated heterocycles. The van der Waals surface area contributed by atoms with Crippen LogP contribution in [0.2, 0.25) is 0 Å². The van der Waals surface area contributed by atoms with E-state index in [1.165, 1.54) is 6.92 Å². The monoisotopic (exact) mass is 381 g/mol. The van der Waals surface area contributed by atoms with E-state index in [-0.39, 0.29) is 17.7 Å². The molecule has 2 N–H and O–H groups in total. The number of nitrogens with one attached hydrogen (secondary N) is 2. The van der Waals surface area contributed by atoms with Crippen molar-refractivity contribution in [2.45, 2.75) is 40.3 Å². The summed E-state index contributed by atoms with van der Waals surface area (Å²) in [6.45, 7) is 8.11. The van der Waals surface area contributed by atoms with Crippen LogP contribution < -0.4 is 10.6 Å². The minimum atomic E-state index is -0.693. The third-order valence-corrected chi connectivity index (χ3v) is 4.42. The average molecular weight is 381 g/mol. The minimum absolute atomic E-state index is 0.00409. The third-order valence-electron chi connectivity index (χ3n) is 4.42. The number of hydrogen-bond donors (Lipinski definition) is 2. The molecule has 0 fully saturated rings. The predicted molar refractivity (Wildman–Crippen MR) is 110 cm³/mol. The molecule has 0 radical (unpaired) electrons. The molecule has 6 heteroatoms. The van der Waals surface area contributed by atoms with Gasteiger partial charge in [-0.25, -0.2) is 0 Å². The highest BCUT2D eigenvalue weighted by Gasteiger charge is 2.17. The van der Waals surface area contributed by atoms with Crippen molar-refractivity contribution in [3.05, 3.63) is 65.2 Å². The van der Waals surface area contributed by atoms with Crippen molar-refractivity contribution in [2.75, 3.05) is 11.9 Å². The van der Waals surface area contributed by atoms with Crippen LogP contribution in [0.5, 0.6) is 0 Å². The van der Waals surface area contributed by atoms with Crippen LogP contribution in [0.4, 0.5) is 5.69 Å². The van der Waals surface area contributed by atoms with Gasteiger partial charge in [-0.15, -0.1) is 0 Å². The molecule has 0 aliphatic carbocycles. The summed E-state index contributed by atoms with van der Waals surface area (Å²) in [5.41, 5.74) is 3.05. The van der Waals surface area contributed by atoms with Crippen molar-refractivity contribution in [3.8, 4) is 0 Å². The molecule has 1 atom stereocenters. The Morgan fingerprint density at radius 1 is 1.07 bits per heavy atom. The van der Waals surface area contributed by atoms with Crippen LogP contribution >= 0.6 is 0 Å². The fourth-order valence-corrected chi connectivity index (χ4v) is 2.80. The van der Waals surface area contributed by atoms with Crippen LogP contribution in [0.1, 0.15) is 42.3 Å². The second-order valence-electron chi connectivity index (χ2n) is 6.79. The topological polar surface area (TPSA) is 78.5 Å². The van der Waals surface area contributed by atoms with Gasteiger partial charge in [0.1, 0.15) is 6.04 Å². The molecule has 2 aromatic carbocycles. The lowest BCUT2D eigenvalue weighted by Crippen LogP contribution is -2.41. The standard InChI is InChI=1S/C22H27N3O3/c1-5-25(17(4)26)14-18-9-7-11-20(13-18)24-21(27)16(3)23-22(28)19-10-6-8-15(2)12-19/h6-13,16H,5,14H2,1-4H3,(H,23,28)(H,24,27). The SMILES string of the molecule is CCN(Cc1cccc(NC(=O)C(C)NC(=O)c2cccc(C)c2)c1)C(C)=O. The van der Waals surface area contributed by atoms with E-state index >= 15 is 0 Å². The highest BCUT2D eigenvalue weighted by atomic mass is 16.2. The van der Waals surface area contributed by atoms with Crippen LogP contribution in [0, 0.1) is 6.92 Å². The smallest absolute Gasteiger partial charge is 0.251 e. The van der Waals surface area contributed by atoms with Gasteiger partial charge < -0.3 is 15.5 Å². The fraction of sp³-hybridized carbons (Fsp3) is 0.318. The Hall–Kier alpha value is -3.15. The van der Waals surface area contributed by atoms with Crippen molar-refractivity contribution in [1.29, 1.82) is 0 Å². The van der Waals surface area contributed by atoms with Gasteiger partial charge in [0.25, 0.3) is 5.91 Å². The summed E-state index contributed by atoms with van der Waals surface area (Å²) in [7, 11) is 0. The number of nitrogens with zero attached hydrogens (tertiary/aromatic N) is 1. The number of rotatable bonds is 7. The summed E-state index contributed by atoms with van der Waals surface area (Å²) in [6, 6.07) is 13.9. The van der Waals surface area contributed by atoms with Crippen molar-refractivity contribution in [3.63, 3.8) is 0 Å². The first-order chi connectivity index (χ1) is 13.3. The Labute approximate surface area is 165 Å². The van der Waals surface area contributed by atoms with Crippen molar-refractivity contribution < 1.29 is 14.4 Å². The maximum Gasteiger partial charge on any atom is 0.251 e. The van der Waals surface area contributed by atoms with Gasteiger partial charge in [-0.3, -0.25) is 14.4 Å². The summed E-state index contributed by atoms with van der Waals surface area (Å²) in [4.78, 5) is 38.1. The Morgan fingerprint density at radius 2 is 1.79 bits per heavy atom. The van der Waals surface area contributed by atoms with Gasteiger partial charge in [0.05, 0.1) is 0 Å². The van der Waals surface area contributed by atoms with Crippen LogP contribution in [0.3, 0.4) is 0 Å². The Balaban J connectivity index is 1.99. The molecule has 6 nitrogen and oxygen atoms in total. The van der Waals surface area contributed by atoms with Gasteiger partial charge in [-0.05, 0) is 50.6 Å². The zero-order valence-electron chi connectivity index (χ0n) is 16.8. The van der Waals surface area contributed by atoms with E-state index in [9.17, 15) is 14.4 Å². The van der Waals surface area contributed by atoms with Gasteiger partial charge in [-0.1, -0.05) is 29.8 Å². The number of carbonyl (C=O) groups is 3. The van der Waals surface area contributed by atoms with Crippen molar-refractivity contribution in [2.24, 2.45) is 0 Å². The molecule has 0 aliphatic rings. The molecular formula is C22H27N3O3. The summed E-state index contributed by atoms with van der Waals surface area (Å²) in [5, 5.41) is 5.52. The molecule has 0 heterocycles. The first-order valence-electron chi connectivity index (χ1n) is 9.33. The van der Waals surface area contributed by atoms with E-state index in [0.717, 1.165) is 11.1 Å². The second kappa shape index (κ2) is 9.69. The number of amides is 3. The fourth-order valence-electron chi connectivity index (χ4n) is 2.80. The minimum Gasteiger partial charge on any atom is -0.341 e. The highest BCUT2D eigenvalue weighted by Crippen LogP contribution is 2.13. The maximum atomic E-state index is 12.5. The molecule has 2 aromatic rings. The highest BCUT2D eigenvalue weighted by molar-refractivity contribution is 6.01. The zero-order chi connectivity index (χ0) is 20.7. The van der Waals surface area contributed by atoms with E-state index in [2.05, 4.69) is 10.6 Å². The molecular weight excluding hydrogens is 354 g/mol. The normalized spacial score (nSPS) is 11.4. The maximum absolute atomic E-state index is 12.5. The van der Waals surface area contributed by atoms with Crippen molar-refractivity contribution in [1.82, 2.24) is 10.2 Å². The number of anilines is 1. The summed E-state index contributed by atoms with van der Waals surface area (Å²) >= 11 is 0. The van der Waals surface area contributed by atoms with E-state index in [1.807, 2.05) is 38.1 Å². The number of benzene rings is 2. The van der Waals surface area contributed by atoms with Gasteiger partial charge in [0, 0.05) is 31.3 Å². The van der Waals surface area contributed by atoms with E-state index in [1.54, 1.807) is 36.1 Å². The van der Waals surface area contributed by atoms with Gasteiger partial charge in [0.15, 0.2) is 0 Å². The van der Waals surface area contributed by atoms with Gasteiger partial charge in [-0.2, -0.15) is 0 Å². The molecule has 0 aliphatic heterocycles. The number of hydrogen-bond acceptors (Lipinski definition) is 3. The molecule has 2 rings (SSSR count). The van der Waals surface area contributed by atoms with Crippen LogP contribution in [-0.4, -0.2) is 35.2 Å². The molecule has 1 unspecified atom stereocenters. The second-order valence-corrected chi connectivity index (χ2v) is 6.79. The van der Waals surface area contributed by atoms with Gasteiger partial charge in [0.2, 0.25) is 11.8 Å². The summed E-state index contributed by atoms with van der Waals surface area (Å²) in [6.07, 6.45) is 0. The molecule has 0 bridgehead atoms. The lowest BCUT2D eigenvalue weighted by atomic mass is 10.1. The molecule has 148 valence electrons. The molecule has 0 saturated carbocycles. The van der Waals surface area contributed by atoms with Crippen LogP contribution in [-0.2, 0) is 16.1 Å². The molecule has 28 heavy (non-hydrogen) atoms. The van der Waals surface area contributed by atoms with E-state index < -0.39 is 6.04 Å². The predicted octanol–water partition coefficient (Wildman–Crippen LogP) is 3.12. The summed E-state index contributed by atoms with van der Waals surface area (Å²) < 4.78 is 0.